The van der Waals surface area contributed by atoms with Gasteiger partial charge < -0.3 is 34.3 Å². The second-order valence-electron chi connectivity index (χ2n) is 16.9. The summed E-state index contributed by atoms with van der Waals surface area (Å²) in [5.74, 6) is -3.21. The summed E-state index contributed by atoms with van der Waals surface area (Å²) in [4.78, 5) is 68.6. The highest BCUT2D eigenvalue weighted by atomic mass is 32.2. The van der Waals surface area contributed by atoms with Gasteiger partial charge in [0.05, 0.1) is 30.1 Å². The average molecular weight is 898 g/mol. The van der Waals surface area contributed by atoms with Crippen molar-refractivity contribution in [1.29, 1.82) is 0 Å². The Bertz CT molecular complexity index is 2160. The van der Waals surface area contributed by atoms with Gasteiger partial charge in [0.25, 0.3) is 5.91 Å². The molecular formula is C41H54F3N5O12S. The molecule has 4 amide bonds. The molecule has 0 atom stereocenters. The number of aryl methyl sites for hydroxylation is 2. The van der Waals surface area contributed by atoms with Crippen LogP contribution >= 0.6 is 0 Å². The molecule has 21 heteroatoms. The van der Waals surface area contributed by atoms with Gasteiger partial charge in [-0.05, 0) is 109 Å². The summed E-state index contributed by atoms with van der Waals surface area (Å²) in [6.07, 6.45) is -7.73. The highest BCUT2D eigenvalue weighted by Crippen LogP contribution is 2.39. The molecule has 2 aromatic rings. The van der Waals surface area contributed by atoms with Crippen LogP contribution in [0.15, 0.2) is 41.4 Å². The maximum absolute atomic E-state index is 14.1. The van der Waals surface area contributed by atoms with E-state index in [0.29, 0.717) is 28.8 Å². The van der Waals surface area contributed by atoms with E-state index in [1.54, 1.807) is 66.7 Å². The number of aliphatic imine (C=N–C) groups is 1. The molecule has 2 aliphatic rings. The Balaban J connectivity index is 1.39. The van der Waals surface area contributed by atoms with Crippen LogP contribution in [0.25, 0.3) is 0 Å². The first-order valence-corrected chi connectivity index (χ1v) is 21.3. The number of amidine groups is 1. The lowest BCUT2D eigenvalue weighted by Gasteiger charge is -2.35. The fourth-order valence-electron chi connectivity index (χ4n) is 6.48. The first-order valence-electron chi connectivity index (χ1n) is 19.7. The summed E-state index contributed by atoms with van der Waals surface area (Å²) >= 11 is 0. The van der Waals surface area contributed by atoms with Crippen LogP contribution in [0.2, 0.25) is 0 Å². The molecule has 0 aliphatic carbocycles. The monoisotopic (exact) mass is 897 g/mol. The van der Waals surface area contributed by atoms with E-state index >= 15 is 0 Å². The zero-order valence-corrected chi connectivity index (χ0v) is 36.8. The van der Waals surface area contributed by atoms with Crippen molar-refractivity contribution in [1.82, 2.24) is 19.4 Å². The Morgan fingerprint density at radius 3 is 2.16 bits per heavy atom. The summed E-state index contributed by atoms with van der Waals surface area (Å²) in [5.41, 5.74) is -3.07. The molecule has 342 valence electrons. The number of esters is 1. The number of rotatable bonds is 15. The number of carbonyl (C=O) groups is 5. The molecule has 17 nitrogen and oxygen atoms in total. The first kappa shape index (κ1) is 49.4. The predicted octanol–water partition coefficient (Wildman–Crippen LogP) is 5.02. The maximum Gasteiger partial charge on any atom is 0.420 e. The largest absolute Gasteiger partial charge is 0.491 e. The quantitative estimate of drug-likeness (QED) is 0.178. The smallest absolute Gasteiger partial charge is 0.420 e. The molecule has 0 radical (unpaired) electrons. The van der Waals surface area contributed by atoms with Gasteiger partial charge in [0.15, 0.2) is 0 Å². The number of nitrogens with zero attached hydrogens (tertiary/aromatic N) is 4. The molecule has 1 spiro atoms. The third-order valence-electron chi connectivity index (χ3n) is 9.52. The highest BCUT2D eigenvalue weighted by molar-refractivity contribution is 7.89. The molecule has 2 aliphatic heterocycles. The molecule has 1 saturated heterocycles. The summed E-state index contributed by atoms with van der Waals surface area (Å²) in [6, 6.07) is 7.29. The molecule has 0 bridgehead atoms. The second kappa shape index (κ2) is 19.4. The van der Waals surface area contributed by atoms with Crippen molar-refractivity contribution in [2.75, 3.05) is 58.8 Å². The molecule has 0 aromatic heterocycles. The Kier molecular flexibility index (Phi) is 15.5. The maximum atomic E-state index is 14.1. The van der Waals surface area contributed by atoms with Gasteiger partial charge in [0, 0.05) is 32.2 Å². The number of sulfonamides is 1. The number of benzene rings is 2. The van der Waals surface area contributed by atoms with Crippen molar-refractivity contribution in [3.05, 3.63) is 64.2 Å². The first-order chi connectivity index (χ1) is 28.6. The topological polar surface area (TPSA) is 211 Å². The molecule has 0 saturated carbocycles. The standard InChI is InChI=1S/C41H54F3N5O12S/c1-26-21-28(34(51)60-38(2,3)4)10-9-27(26)11-20-62(56,57)48-15-12-40(13-16-48)35(52)49(36(53)54)33(46-40)29-22-30(41(42,43)44)24-31(23-29)59-19-18-58-17-14-45-32(50)25-47(8)37(55)61-39(5,6)7/h9-10,21-24H,11-20,25H2,1-8H3,(H,45,50)(H,53,54). The summed E-state index contributed by atoms with van der Waals surface area (Å²) in [5, 5.41) is 12.6. The average Bonchev–Trinajstić information content (AvgIpc) is 3.43. The third-order valence-corrected chi connectivity index (χ3v) is 11.4. The number of carboxylic acid groups (broad SMARTS) is 1. The van der Waals surface area contributed by atoms with E-state index < -0.39 is 74.3 Å². The number of carbonyl (C=O) groups excluding carboxylic acids is 4. The van der Waals surface area contributed by atoms with E-state index in [9.17, 15) is 50.7 Å². The zero-order chi connectivity index (χ0) is 46.4. The Labute approximate surface area is 358 Å². The van der Waals surface area contributed by atoms with Gasteiger partial charge in [0.2, 0.25) is 15.9 Å². The van der Waals surface area contributed by atoms with Crippen molar-refractivity contribution in [3.8, 4) is 5.75 Å². The number of imide groups is 1. The van der Waals surface area contributed by atoms with Gasteiger partial charge in [-0.25, -0.2) is 27.1 Å². The normalized spacial score (nSPS) is 15.9. The lowest BCUT2D eigenvalue weighted by Crippen LogP contribution is -2.52. The summed E-state index contributed by atoms with van der Waals surface area (Å²) in [7, 11) is -2.50. The van der Waals surface area contributed by atoms with Crippen LogP contribution in [0, 0.1) is 6.92 Å². The number of amides is 4. The van der Waals surface area contributed by atoms with E-state index in [2.05, 4.69) is 10.3 Å². The van der Waals surface area contributed by atoms with Crippen LogP contribution in [-0.2, 0) is 46.4 Å². The van der Waals surface area contributed by atoms with Crippen LogP contribution < -0.4 is 10.1 Å². The highest BCUT2D eigenvalue weighted by Gasteiger charge is 2.53. The number of nitrogens with one attached hydrogen (secondary N) is 1. The third kappa shape index (κ3) is 13.4. The van der Waals surface area contributed by atoms with E-state index in [4.69, 9.17) is 18.9 Å². The molecular weight excluding hydrogens is 844 g/mol. The number of alkyl halides is 3. The lowest BCUT2D eigenvalue weighted by atomic mass is 9.88. The number of hydrogen-bond donors (Lipinski definition) is 2. The molecule has 2 heterocycles. The van der Waals surface area contributed by atoms with E-state index in [1.807, 2.05) is 0 Å². The number of piperidine rings is 1. The van der Waals surface area contributed by atoms with E-state index in [1.165, 1.54) is 11.4 Å². The fraction of sp³-hybridized carbons (Fsp3) is 0.561. The molecule has 62 heavy (non-hydrogen) atoms. The zero-order valence-electron chi connectivity index (χ0n) is 36.0. The number of likely N-dealkylation sites (N-methyl/N-ethyl adjacent to an activating group) is 1. The number of ether oxygens (including phenoxy) is 4. The molecule has 4 rings (SSSR count). The lowest BCUT2D eigenvalue weighted by molar-refractivity contribution is -0.137. The fourth-order valence-corrected chi connectivity index (χ4v) is 7.95. The van der Waals surface area contributed by atoms with Crippen molar-refractivity contribution < 1.29 is 69.6 Å². The minimum absolute atomic E-state index is 0.00275. The van der Waals surface area contributed by atoms with Crippen LogP contribution in [0.4, 0.5) is 22.8 Å². The molecule has 2 aromatic carbocycles. The second-order valence-corrected chi connectivity index (χ2v) is 19.0. The van der Waals surface area contributed by atoms with Gasteiger partial charge in [-0.1, -0.05) is 6.07 Å². The van der Waals surface area contributed by atoms with Gasteiger partial charge in [-0.3, -0.25) is 14.6 Å². The van der Waals surface area contributed by atoms with Crippen LogP contribution in [0.5, 0.6) is 5.75 Å². The molecule has 2 N–H and O–H groups in total. The Morgan fingerprint density at radius 2 is 1.58 bits per heavy atom. The predicted molar refractivity (Wildman–Crippen MR) is 218 cm³/mol. The van der Waals surface area contributed by atoms with Crippen LogP contribution in [0.1, 0.15) is 87.0 Å². The SMILES string of the molecule is Cc1cc(C(=O)OC(C)(C)C)ccc1CCS(=O)(=O)N1CCC2(CC1)N=C(c1cc(OCCOCCNC(=O)CN(C)C(=O)OC(C)(C)C)cc(C(F)(F)F)c1)N(C(=O)O)C2=O. The Hall–Kier alpha value is -5.28. The van der Waals surface area contributed by atoms with E-state index in [-0.39, 0.29) is 87.2 Å². The Morgan fingerprint density at radius 1 is 0.935 bits per heavy atom. The summed E-state index contributed by atoms with van der Waals surface area (Å²) < 4.78 is 91.9. The van der Waals surface area contributed by atoms with Gasteiger partial charge in [-0.15, -0.1) is 0 Å². The van der Waals surface area contributed by atoms with Crippen molar-refractivity contribution in [2.24, 2.45) is 4.99 Å². The number of hydrogen-bond acceptors (Lipinski definition) is 12. The van der Waals surface area contributed by atoms with Gasteiger partial charge >= 0.3 is 24.3 Å². The number of halogens is 3. The van der Waals surface area contributed by atoms with Crippen molar-refractivity contribution >= 4 is 45.8 Å². The molecule has 0 unspecified atom stereocenters. The van der Waals surface area contributed by atoms with Gasteiger partial charge in [-0.2, -0.15) is 18.1 Å². The van der Waals surface area contributed by atoms with Crippen LogP contribution in [-0.4, -0.2) is 139 Å². The summed E-state index contributed by atoms with van der Waals surface area (Å²) in [6.45, 7) is 11.0. The van der Waals surface area contributed by atoms with E-state index in [0.717, 1.165) is 11.0 Å². The minimum atomic E-state index is -4.91. The minimum Gasteiger partial charge on any atom is -0.491 e. The van der Waals surface area contributed by atoms with Crippen molar-refractivity contribution in [2.45, 2.75) is 90.6 Å². The molecule has 1 fully saturated rings. The van der Waals surface area contributed by atoms with Crippen molar-refractivity contribution in [3.63, 3.8) is 0 Å². The van der Waals surface area contributed by atoms with Crippen LogP contribution in [0.3, 0.4) is 0 Å². The van der Waals surface area contributed by atoms with Gasteiger partial charge in [0.1, 0.15) is 41.5 Å².